The SMILES string of the molecule is CC1CCN(S(=O)(=O)c2ccc(-c3noc(C(=O)NCc4ccccc4)n3)cc2)CC1. The van der Waals surface area contributed by atoms with Crippen LogP contribution in [-0.2, 0) is 16.6 Å². The molecule has 4 rings (SSSR count). The minimum Gasteiger partial charge on any atom is -0.344 e. The van der Waals surface area contributed by atoms with Crippen molar-refractivity contribution in [2.24, 2.45) is 5.92 Å². The Hall–Kier alpha value is -3.04. The topological polar surface area (TPSA) is 105 Å². The third kappa shape index (κ3) is 4.83. The summed E-state index contributed by atoms with van der Waals surface area (Å²) in [5.41, 5.74) is 1.52. The third-order valence-corrected chi connectivity index (χ3v) is 7.32. The van der Waals surface area contributed by atoms with Crippen molar-refractivity contribution in [3.8, 4) is 11.4 Å². The largest absolute Gasteiger partial charge is 0.344 e. The lowest BCUT2D eigenvalue weighted by molar-refractivity contribution is 0.0907. The van der Waals surface area contributed by atoms with E-state index in [1.807, 2.05) is 30.3 Å². The monoisotopic (exact) mass is 440 g/mol. The Bertz CT molecular complexity index is 1140. The second-order valence-electron chi connectivity index (χ2n) is 7.70. The molecule has 1 aromatic heterocycles. The maximum atomic E-state index is 12.8. The fourth-order valence-electron chi connectivity index (χ4n) is 3.44. The number of aromatic nitrogens is 2. The molecule has 1 fully saturated rings. The fourth-order valence-corrected chi connectivity index (χ4v) is 4.91. The first-order valence-corrected chi connectivity index (χ1v) is 11.6. The Morgan fingerprint density at radius 2 is 1.77 bits per heavy atom. The van der Waals surface area contributed by atoms with Crippen LogP contribution in [0, 0.1) is 5.92 Å². The van der Waals surface area contributed by atoms with Gasteiger partial charge < -0.3 is 9.84 Å². The van der Waals surface area contributed by atoms with E-state index in [1.54, 1.807) is 12.1 Å². The lowest BCUT2D eigenvalue weighted by atomic mass is 10.0. The van der Waals surface area contributed by atoms with Crippen LogP contribution in [0.3, 0.4) is 0 Å². The molecule has 0 unspecified atom stereocenters. The molecule has 0 aliphatic carbocycles. The van der Waals surface area contributed by atoms with Crippen LogP contribution in [0.5, 0.6) is 0 Å². The van der Waals surface area contributed by atoms with Gasteiger partial charge in [0.1, 0.15) is 0 Å². The summed E-state index contributed by atoms with van der Waals surface area (Å²) in [5, 5.41) is 6.57. The highest BCUT2D eigenvalue weighted by Crippen LogP contribution is 2.25. The van der Waals surface area contributed by atoms with Gasteiger partial charge in [0.25, 0.3) is 0 Å². The van der Waals surface area contributed by atoms with Crippen molar-refractivity contribution in [1.29, 1.82) is 0 Å². The van der Waals surface area contributed by atoms with Gasteiger partial charge in [0, 0.05) is 25.2 Å². The summed E-state index contributed by atoms with van der Waals surface area (Å²) in [6.45, 7) is 3.56. The first-order valence-electron chi connectivity index (χ1n) is 10.2. The van der Waals surface area contributed by atoms with Crippen molar-refractivity contribution in [2.45, 2.75) is 31.2 Å². The number of piperidine rings is 1. The summed E-state index contributed by atoms with van der Waals surface area (Å²) in [4.78, 5) is 16.6. The molecule has 31 heavy (non-hydrogen) atoms. The minimum absolute atomic E-state index is 0.148. The highest BCUT2D eigenvalue weighted by molar-refractivity contribution is 7.89. The van der Waals surface area contributed by atoms with E-state index in [-0.39, 0.29) is 16.6 Å². The zero-order valence-corrected chi connectivity index (χ0v) is 18.0. The maximum absolute atomic E-state index is 12.8. The Labute approximate surface area is 181 Å². The zero-order valence-electron chi connectivity index (χ0n) is 17.2. The van der Waals surface area contributed by atoms with E-state index >= 15 is 0 Å². The van der Waals surface area contributed by atoms with Crippen LogP contribution in [-0.4, -0.2) is 41.9 Å². The predicted octanol–water partition coefficient (Wildman–Crippen LogP) is 3.09. The number of rotatable bonds is 6. The molecule has 0 bridgehead atoms. The van der Waals surface area contributed by atoms with Gasteiger partial charge in [-0.1, -0.05) is 42.4 Å². The van der Waals surface area contributed by atoms with Gasteiger partial charge in [-0.25, -0.2) is 8.42 Å². The van der Waals surface area contributed by atoms with Crippen LogP contribution in [0.15, 0.2) is 64.0 Å². The van der Waals surface area contributed by atoms with Crippen LogP contribution >= 0.6 is 0 Å². The van der Waals surface area contributed by atoms with Crippen molar-refractivity contribution >= 4 is 15.9 Å². The molecule has 162 valence electrons. The summed E-state index contributed by atoms with van der Waals surface area (Å²) in [5.74, 6) is 0.151. The molecule has 0 atom stereocenters. The zero-order chi connectivity index (χ0) is 21.8. The van der Waals surface area contributed by atoms with E-state index in [0.29, 0.717) is 31.1 Å². The molecule has 1 N–H and O–H groups in total. The standard InChI is InChI=1S/C22H24N4O4S/c1-16-11-13-26(14-12-16)31(28,29)19-9-7-18(8-10-19)20-24-22(30-25-20)21(27)23-15-17-5-3-2-4-6-17/h2-10,16H,11-15H2,1H3,(H,23,27). The van der Waals surface area contributed by atoms with E-state index in [9.17, 15) is 13.2 Å². The van der Waals surface area contributed by atoms with Gasteiger partial charge in [0.2, 0.25) is 15.8 Å². The van der Waals surface area contributed by atoms with Crippen LogP contribution in [0.25, 0.3) is 11.4 Å². The van der Waals surface area contributed by atoms with Gasteiger partial charge in [0.05, 0.1) is 4.90 Å². The molecule has 1 aliphatic rings. The van der Waals surface area contributed by atoms with E-state index in [1.165, 1.54) is 16.4 Å². The smallest absolute Gasteiger partial charge is 0.316 e. The molecule has 0 radical (unpaired) electrons. The quantitative estimate of drug-likeness (QED) is 0.631. The molecule has 1 aliphatic heterocycles. The summed E-state index contributed by atoms with van der Waals surface area (Å²) in [6, 6.07) is 15.8. The Morgan fingerprint density at radius 1 is 1.10 bits per heavy atom. The molecule has 9 heteroatoms. The number of nitrogens with zero attached hydrogens (tertiary/aromatic N) is 3. The number of hydrogen-bond donors (Lipinski definition) is 1. The molecular formula is C22H24N4O4S. The van der Waals surface area contributed by atoms with Gasteiger partial charge in [-0.2, -0.15) is 9.29 Å². The summed E-state index contributed by atoms with van der Waals surface area (Å²) in [7, 11) is -3.52. The van der Waals surface area contributed by atoms with Gasteiger partial charge in [-0.05, 0) is 48.6 Å². The lowest BCUT2D eigenvalue weighted by Gasteiger charge is -2.29. The molecular weight excluding hydrogens is 416 g/mol. The van der Waals surface area contributed by atoms with Crippen molar-refractivity contribution in [3.63, 3.8) is 0 Å². The number of sulfonamides is 1. The molecule has 1 saturated heterocycles. The predicted molar refractivity (Wildman–Crippen MR) is 115 cm³/mol. The van der Waals surface area contributed by atoms with E-state index in [4.69, 9.17) is 4.52 Å². The normalized spacial score (nSPS) is 15.6. The number of carbonyl (C=O) groups is 1. The van der Waals surface area contributed by atoms with Crippen molar-refractivity contribution in [3.05, 3.63) is 66.1 Å². The third-order valence-electron chi connectivity index (χ3n) is 5.41. The summed E-state index contributed by atoms with van der Waals surface area (Å²) >= 11 is 0. The van der Waals surface area contributed by atoms with Gasteiger partial charge in [-0.15, -0.1) is 0 Å². The first-order chi connectivity index (χ1) is 14.9. The Kier molecular flexibility index (Phi) is 6.15. The molecule has 0 saturated carbocycles. The van der Waals surface area contributed by atoms with Crippen LogP contribution in [0.1, 0.15) is 36.0 Å². The lowest BCUT2D eigenvalue weighted by Crippen LogP contribution is -2.37. The number of hydrogen-bond acceptors (Lipinski definition) is 6. The summed E-state index contributed by atoms with van der Waals surface area (Å²) < 4.78 is 32.3. The van der Waals surface area contributed by atoms with Crippen LogP contribution < -0.4 is 5.32 Å². The number of amides is 1. The van der Waals surface area contributed by atoms with Gasteiger partial charge in [-0.3, -0.25) is 4.79 Å². The summed E-state index contributed by atoms with van der Waals surface area (Å²) in [6.07, 6.45) is 1.74. The van der Waals surface area contributed by atoms with E-state index in [0.717, 1.165) is 18.4 Å². The average molecular weight is 441 g/mol. The Balaban J connectivity index is 1.42. The van der Waals surface area contributed by atoms with Crippen molar-refractivity contribution in [2.75, 3.05) is 13.1 Å². The highest BCUT2D eigenvalue weighted by atomic mass is 32.2. The van der Waals surface area contributed by atoms with E-state index in [2.05, 4.69) is 22.4 Å². The van der Waals surface area contributed by atoms with Gasteiger partial charge in [0.15, 0.2) is 0 Å². The van der Waals surface area contributed by atoms with Crippen molar-refractivity contribution in [1.82, 2.24) is 19.8 Å². The Morgan fingerprint density at radius 3 is 2.45 bits per heavy atom. The molecule has 1 amide bonds. The van der Waals surface area contributed by atoms with Crippen molar-refractivity contribution < 1.29 is 17.7 Å². The fraction of sp³-hybridized carbons (Fsp3) is 0.318. The highest BCUT2D eigenvalue weighted by Gasteiger charge is 2.28. The molecule has 8 nitrogen and oxygen atoms in total. The molecule has 3 aromatic rings. The number of nitrogens with one attached hydrogen (secondary N) is 1. The number of benzene rings is 2. The van der Waals surface area contributed by atoms with Crippen LogP contribution in [0.2, 0.25) is 0 Å². The number of carbonyl (C=O) groups excluding carboxylic acids is 1. The molecule has 0 spiro atoms. The van der Waals surface area contributed by atoms with E-state index < -0.39 is 15.9 Å². The molecule has 2 aromatic carbocycles. The van der Waals surface area contributed by atoms with Gasteiger partial charge >= 0.3 is 11.8 Å². The second-order valence-corrected chi connectivity index (χ2v) is 9.64. The first kappa shape index (κ1) is 21.2. The van der Waals surface area contributed by atoms with Crippen LogP contribution in [0.4, 0.5) is 0 Å². The molecule has 2 heterocycles. The average Bonchev–Trinajstić information content (AvgIpc) is 3.29. The minimum atomic E-state index is -3.52. The maximum Gasteiger partial charge on any atom is 0.316 e. The second kappa shape index (κ2) is 8.99.